The maximum absolute atomic E-state index is 12.5. The Hall–Kier alpha value is -0.963. The van der Waals surface area contributed by atoms with Crippen LogP contribution in [-0.4, -0.2) is 36.5 Å². The molecule has 8 heteroatoms. The summed E-state index contributed by atoms with van der Waals surface area (Å²) in [5, 5.41) is 0.0241. The van der Waals surface area contributed by atoms with E-state index in [0.717, 1.165) is 0 Å². The fourth-order valence-corrected chi connectivity index (χ4v) is 3.26. The van der Waals surface area contributed by atoms with Gasteiger partial charge in [-0.15, -0.1) is 0 Å². The first kappa shape index (κ1) is 24.1. The van der Waals surface area contributed by atoms with Gasteiger partial charge in [0.1, 0.15) is 27.6 Å². The standard InChI is InChI=1S/C19H31F2NO3SSi/c1-18(2,3)26(23)22-16(13-24-27(7,8)19(4,5)6)14-9-11-15(12-10-14)25-17(20)21/h9-12,17H,13H2,1-8H3/b22-16-/t26-/m1/s1. The Labute approximate surface area is 165 Å². The van der Waals surface area contributed by atoms with Gasteiger partial charge in [-0.2, -0.15) is 8.78 Å². The third-order valence-corrected chi connectivity index (χ3v) is 10.4. The van der Waals surface area contributed by atoms with Crippen LogP contribution in [0.15, 0.2) is 28.7 Å². The van der Waals surface area contributed by atoms with Crippen LogP contribution in [-0.2, 0) is 15.8 Å². The fraction of sp³-hybridized carbons (Fsp3) is 0.632. The predicted octanol–water partition coefficient (Wildman–Crippen LogP) is 5.56. The van der Waals surface area contributed by atoms with E-state index in [1.165, 1.54) is 12.1 Å². The number of ether oxygens (including phenoxy) is 1. The molecule has 0 fully saturated rings. The number of halogens is 2. The first-order valence-corrected chi connectivity index (χ1v) is 12.8. The zero-order valence-corrected chi connectivity index (χ0v) is 19.2. The minimum atomic E-state index is -2.88. The van der Waals surface area contributed by atoms with Gasteiger partial charge in [-0.05, 0) is 63.2 Å². The summed E-state index contributed by atoms with van der Waals surface area (Å²) in [5.41, 5.74) is 1.21. The summed E-state index contributed by atoms with van der Waals surface area (Å²) in [6, 6.07) is 6.16. The van der Waals surface area contributed by atoms with Crippen molar-refractivity contribution in [3.8, 4) is 5.75 Å². The van der Waals surface area contributed by atoms with Crippen molar-refractivity contribution in [2.75, 3.05) is 6.61 Å². The highest BCUT2D eigenvalue weighted by Crippen LogP contribution is 2.36. The van der Waals surface area contributed by atoms with Crippen molar-refractivity contribution in [1.29, 1.82) is 0 Å². The van der Waals surface area contributed by atoms with Gasteiger partial charge in [-0.3, -0.25) is 0 Å². The Balaban J connectivity index is 3.14. The highest BCUT2D eigenvalue weighted by atomic mass is 32.2. The topological polar surface area (TPSA) is 53.9 Å². The average Bonchev–Trinajstić information content (AvgIpc) is 2.49. The molecule has 0 aliphatic rings. The number of benzene rings is 1. The lowest BCUT2D eigenvalue weighted by Crippen LogP contribution is -2.42. The molecule has 0 bridgehead atoms. The van der Waals surface area contributed by atoms with E-state index in [2.05, 4.69) is 43.0 Å². The van der Waals surface area contributed by atoms with Gasteiger partial charge in [0.15, 0.2) is 8.32 Å². The summed E-state index contributed by atoms with van der Waals surface area (Å²) in [6.45, 7) is 13.6. The van der Waals surface area contributed by atoms with E-state index in [1.807, 2.05) is 20.8 Å². The van der Waals surface area contributed by atoms with Gasteiger partial charge >= 0.3 is 6.61 Å². The maximum Gasteiger partial charge on any atom is 0.387 e. The van der Waals surface area contributed by atoms with Gasteiger partial charge < -0.3 is 13.7 Å². The second kappa shape index (κ2) is 9.02. The number of alkyl halides is 2. The minimum absolute atomic E-state index is 0.0241. The molecule has 1 aromatic carbocycles. The first-order chi connectivity index (χ1) is 12.1. The highest BCUT2D eigenvalue weighted by molar-refractivity contribution is 7.91. The average molecular weight is 420 g/mol. The molecule has 1 rings (SSSR count). The molecule has 4 nitrogen and oxygen atoms in total. The summed E-state index contributed by atoms with van der Waals surface area (Å²) < 4.78 is 51.7. The molecule has 1 atom stereocenters. The van der Waals surface area contributed by atoms with Crippen LogP contribution in [0.2, 0.25) is 18.1 Å². The molecule has 0 unspecified atom stereocenters. The molecule has 1 aromatic rings. The van der Waals surface area contributed by atoms with Crippen molar-refractivity contribution in [2.45, 2.75) is 71.0 Å². The van der Waals surface area contributed by atoms with Crippen LogP contribution < -0.4 is 4.74 Å². The van der Waals surface area contributed by atoms with Crippen molar-refractivity contribution in [2.24, 2.45) is 4.40 Å². The first-order valence-electron chi connectivity index (χ1n) is 8.82. The Morgan fingerprint density at radius 3 is 2.04 bits per heavy atom. The number of hydrogen-bond donors (Lipinski definition) is 0. The molecule has 0 aliphatic carbocycles. The van der Waals surface area contributed by atoms with Crippen molar-refractivity contribution in [1.82, 2.24) is 0 Å². The Morgan fingerprint density at radius 2 is 1.63 bits per heavy atom. The van der Waals surface area contributed by atoms with E-state index in [-0.39, 0.29) is 17.4 Å². The summed E-state index contributed by atoms with van der Waals surface area (Å²) in [5.74, 6) is 0.0651. The van der Waals surface area contributed by atoms with Gasteiger partial charge in [0.25, 0.3) is 0 Å². The minimum Gasteiger partial charge on any atom is -0.591 e. The molecule has 0 saturated heterocycles. The van der Waals surface area contributed by atoms with Crippen LogP contribution in [0.25, 0.3) is 0 Å². The molecule has 0 amide bonds. The molecule has 0 saturated carbocycles. The summed E-state index contributed by atoms with van der Waals surface area (Å²) >= 11 is -1.46. The molecule has 0 N–H and O–H groups in total. The van der Waals surface area contributed by atoms with Crippen molar-refractivity contribution < 1.29 is 22.5 Å². The normalized spacial score (nSPS) is 15.2. The maximum atomic E-state index is 12.5. The largest absolute Gasteiger partial charge is 0.591 e. The predicted molar refractivity (Wildman–Crippen MR) is 111 cm³/mol. The second-order valence-corrected chi connectivity index (χ2v) is 15.6. The van der Waals surface area contributed by atoms with E-state index >= 15 is 0 Å². The summed E-state index contributed by atoms with van der Waals surface area (Å²) in [7, 11) is -2.03. The highest BCUT2D eigenvalue weighted by Gasteiger charge is 2.38. The third kappa shape index (κ3) is 7.52. The van der Waals surface area contributed by atoms with E-state index in [1.54, 1.807) is 12.1 Å². The van der Waals surface area contributed by atoms with Gasteiger partial charge in [0, 0.05) is 5.56 Å². The van der Waals surface area contributed by atoms with Crippen LogP contribution in [0, 0.1) is 0 Å². The van der Waals surface area contributed by atoms with E-state index in [4.69, 9.17) is 4.43 Å². The molecule has 0 radical (unpaired) electrons. The summed E-state index contributed by atoms with van der Waals surface area (Å²) in [6.07, 6.45) is 0. The summed E-state index contributed by atoms with van der Waals surface area (Å²) in [4.78, 5) is 0. The molecule has 0 aliphatic heterocycles. The van der Waals surface area contributed by atoms with Crippen LogP contribution in [0.3, 0.4) is 0 Å². The quantitative estimate of drug-likeness (QED) is 0.330. The molecule has 0 aromatic heterocycles. The Bertz CT molecular complexity index is 638. The monoisotopic (exact) mass is 419 g/mol. The number of rotatable bonds is 7. The zero-order valence-electron chi connectivity index (χ0n) is 17.4. The van der Waals surface area contributed by atoms with E-state index in [0.29, 0.717) is 11.3 Å². The van der Waals surface area contributed by atoms with Crippen LogP contribution in [0.1, 0.15) is 47.1 Å². The van der Waals surface area contributed by atoms with Gasteiger partial charge in [-0.1, -0.05) is 25.2 Å². The van der Waals surface area contributed by atoms with Crippen LogP contribution in [0.5, 0.6) is 5.75 Å². The fourth-order valence-electron chi connectivity index (χ4n) is 1.69. The lowest BCUT2D eigenvalue weighted by molar-refractivity contribution is -0.0498. The molecule has 0 heterocycles. The van der Waals surface area contributed by atoms with Gasteiger partial charge in [-0.25, -0.2) is 0 Å². The molecule has 154 valence electrons. The number of nitrogens with zero attached hydrogens (tertiary/aromatic N) is 1. The molecular weight excluding hydrogens is 388 g/mol. The third-order valence-electron chi connectivity index (χ3n) is 4.51. The molecular formula is C19H31F2NO3SSi. The lowest BCUT2D eigenvalue weighted by atomic mass is 10.1. The van der Waals surface area contributed by atoms with Crippen LogP contribution >= 0.6 is 0 Å². The number of hydrogen-bond acceptors (Lipinski definition) is 4. The lowest BCUT2D eigenvalue weighted by Gasteiger charge is -2.36. The molecule has 0 spiro atoms. The Morgan fingerprint density at radius 1 is 1.11 bits per heavy atom. The van der Waals surface area contributed by atoms with Crippen molar-refractivity contribution in [3.05, 3.63) is 29.8 Å². The SMILES string of the molecule is CC(C)(C)[S@@+]([O-])/N=C(/CO[Si](C)(C)C(C)(C)C)c1ccc(OC(F)F)cc1. The molecule has 27 heavy (non-hydrogen) atoms. The Kier molecular flexibility index (Phi) is 8.05. The van der Waals surface area contributed by atoms with E-state index in [9.17, 15) is 13.3 Å². The second-order valence-electron chi connectivity index (χ2n) is 8.85. The van der Waals surface area contributed by atoms with Crippen molar-refractivity contribution >= 4 is 25.4 Å². The zero-order chi connectivity index (χ0) is 21.0. The smallest absolute Gasteiger partial charge is 0.387 e. The van der Waals surface area contributed by atoms with E-state index < -0.39 is 31.0 Å². The van der Waals surface area contributed by atoms with Crippen LogP contribution in [0.4, 0.5) is 8.78 Å². The van der Waals surface area contributed by atoms with Gasteiger partial charge in [0.05, 0.1) is 6.61 Å². The van der Waals surface area contributed by atoms with Crippen molar-refractivity contribution in [3.63, 3.8) is 0 Å². The van der Waals surface area contributed by atoms with Gasteiger partial charge in [0.2, 0.25) is 0 Å².